The molecule has 1 atom stereocenters. The van der Waals surface area contributed by atoms with Crippen LogP contribution in [0.2, 0.25) is 19.6 Å². The predicted molar refractivity (Wildman–Crippen MR) is 275 cm³/mol. The molecule has 1 radical (unpaired) electrons. The fourth-order valence-corrected chi connectivity index (χ4v) is 10.9. The molecule has 0 aliphatic rings. The Labute approximate surface area is 401 Å². The topological polar surface area (TPSA) is 43.9 Å². The van der Waals surface area contributed by atoms with Crippen molar-refractivity contribution in [2.45, 2.75) is 106 Å². The van der Waals surface area contributed by atoms with Crippen LogP contribution < -0.4 is 5.19 Å². The molecule has 6 aromatic carbocycles. The molecule has 3 heterocycles. The van der Waals surface area contributed by atoms with Crippen LogP contribution in [-0.4, -0.2) is 22.6 Å². The van der Waals surface area contributed by atoms with Crippen molar-refractivity contribution in [1.82, 2.24) is 14.5 Å². The predicted octanol–water partition coefficient (Wildman–Crippen LogP) is 16.3. The number of aromatic nitrogens is 3. The van der Waals surface area contributed by atoms with Crippen molar-refractivity contribution in [2.24, 2.45) is 5.41 Å². The molecule has 9 rings (SSSR count). The maximum Gasteiger partial charge on any atom is 0.120 e. The van der Waals surface area contributed by atoms with Crippen molar-refractivity contribution in [2.75, 3.05) is 0 Å². The molecule has 4 nitrogen and oxygen atoms in total. The van der Waals surface area contributed by atoms with E-state index in [0.29, 0.717) is 23.2 Å². The summed E-state index contributed by atoms with van der Waals surface area (Å²) in [6, 6.07) is 53.4. The van der Waals surface area contributed by atoms with Crippen molar-refractivity contribution in [3.8, 4) is 39.5 Å². The second-order valence-electron chi connectivity index (χ2n) is 19.4. The van der Waals surface area contributed by atoms with Crippen LogP contribution in [0.15, 0.2) is 144 Å². The van der Waals surface area contributed by atoms with E-state index >= 15 is 0 Å². The van der Waals surface area contributed by atoms with Crippen LogP contribution in [0.4, 0.5) is 0 Å². The van der Waals surface area contributed by atoms with E-state index in [1.165, 1.54) is 51.5 Å². The molecule has 1 unspecified atom stereocenters. The first kappa shape index (κ1) is 47.6. The normalized spacial score (nSPS) is 12.4. The van der Waals surface area contributed by atoms with Gasteiger partial charge < -0.3 is 14.0 Å². The second-order valence-corrected chi connectivity index (χ2v) is 24.4. The number of furan rings is 1. The quantitative estimate of drug-likeness (QED) is 0.0958. The summed E-state index contributed by atoms with van der Waals surface area (Å²) in [6.07, 6.45) is 4.55. The van der Waals surface area contributed by atoms with E-state index < -0.39 is 8.07 Å². The number of benzene rings is 6. The molecule has 0 saturated carbocycles. The summed E-state index contributed by atoms with van der Waals surface area (Å²) in [6.45, 7) is 25.9. The monoisotopic (exact) mass is 1050 g/mol. The molecular weight excluding hydrogens is 987 g/mol. The Morgan fingerprint density at radius 3 is 1.97 bits per heavy atom. The molecule has 0 fully saturated rings. The van der Waals surface area contributed by atoms with Gasteiger partial charge in [0.1, 0.15) is 5.58 Å². The van der Waals surface area contributed by atoms with Gasteiger partial charge in [-0.05, 0) is 86.6 Å². The first-order valence-electron chi connectivity index (χ1n) is 23.2. The minimum absolute atomic E-state index is 0. The number of imidazole rings is 1. The SMILES string of the molecule is CC(C)c1cc(-c2ccccc2)cc(C(C)C)c1-n1c(-c2[c-]ccc3c2oc2ccccc23)nc2ccccc21.CCC(C)(CC)C(C)c1cc(-c2[c-]cccc2)ncc1[Si](C)(C)C.[Ir]. The largest absolute Gasteiger partial charge is 0.501 e. The Morgan fingerprint density at radius 1 is 0.677 bits per heavy atom. The fraction of sp³-hybridized carbons (Fsp3) is 0.288. The summed E-state index contributed by atoms with van der Waals surface area (Å²) in [5.41, 5.74) is 14.8. The molecule has 9 aromatic rings. The molecule has 6 heteroatoms. The van der Waals surface area contributed by atoms with Crippen LogP contribution in [-0.2, 0) is 20.1 Å². The zero-order chi connectivity index (χ0) is 45.3. The third-order valence-electron chi connectivity index (χ3n) is 13.7. The van der Waals surface area contributed by atoms with E-state index in [2.05, 4.69) is 201 Å². The minimum atomic E-state index is -1.44. The van der Waals surface area contributed by atoms with E-state index in [1.807, 2.05) is 30.3 Å². The molecule has 335 valence electrons. The van der Waals surface area contributed by atoms with Crippen LogP contribution >= 0.6 is 0 Å². The summed E-state index contributed by atoms with van der Waals surface area (Å²) < 4.78 is 8.83. The summed E-state index contributed by atoms with van der Waals surface area (Å²) in [5.74, 6) is 1.98. The van der Waals surface area contributed by atoms with Gasteiger partial charge in [-0.15, -0.1) is 54.1 Å². The average molecular weight is 1050 g/mol. The first-order chi connectivity index (χ1) is 30.7. The van der Waals surface area contributed by atoms with Crippen molar-refractivity contribution >= 4 is 46.2 Å². The summed E-state index contributed by atoms with van der Waals surface area (Å²) in [4.78, 5) is 10.0. The van der Waals surface area contributed by atoms with Gasteiger partial charge in [0.25, 0.3) is 0 Å². The summed E-state index contributed by atoms with van der Waals surface area (Å²) in [7, 11) is -1.44. The number of para-hydroxylation sites is 3. The Kier molecular flexibility index (Phi) is 14.3. The van der Waals surface area contributed by atoms with Crippen LogP contribution in [0.25, 0.3) is 72.4 Å². The van der Waals surface area contributed by atoms with Gasteiger partial charge >= 0.3 is 0 Å². The van der Waals surface area contributed by atoms with Gasteiger partial charge in [-0.25, -0.2) is 0 Å². The standard InChI is InChI=1S/C37H31N2O.C22H32NSi.Ir/c1-23(2)30-21-26(25-13-6-5-7-14-25)22-31(24(3)4)35(30)39-33-19-10-9-18-32(33)38-37(39)29-17-12-16-28-27-15-8-11-20-34(27)40-36(28)29;1-8-22(4,9-2)17(3)19-15-20(18-13-11-10-12-14-18)23-16-21(19)24(5,6)7;/h5-16,18-24H,1-4H3;10-13,15-17H,8-9H2,1-7H3;/q2*-1;. The van der Waals surface area contributed by atoms with Gasteiger partial charge in [0.2, 0.25) is 0 Å². The molecular formula is C59H63IrN3OSi-2. The molecule has 0 amide bonds. The Balaban J connectivity index is 0.000000217. The second kappa shape index (κ2) is 19.6. The number of rotatable bonds is 11. The Bertz CT molecular complexity index is 3020. The smallest absolute Gasteiger partial charge is 0.120 e. The first-order valence-corrected chi connectivity index (χ1v) is 26.7. The molecule has 0 saturated heterocycles. The zero-order valence-corrected chi connectivity index (χ0v) is 43.4. The van der Waals surface area contributed by atoms with Gasteiger partial charge in [0, 0.05) is 37.4 Å². The van der Waals surface area contributed by atoms with Crippen molar-refractivity contribution in [1.29, 1.82) is 0 Å². The molecule has 0 spiro atoms. The fourth-order valence-electron chi connectivity index (χ4n) is 9.29. The average Bonchev–Trinajstić information content (AvgIpc) is 3.90. The Morgan fingerprint density at radius 2 is 1.32 bits per heavy atom. The molecule has 3 aromatic heterocycles. The Hall–Kier alpha value is -5.39. The maximum atomic E-state index is 6.47. The third-order valence-corrected chi connectivity index (χ3v) is 15.8. The van der Waals surface area contributed by atoms with Crippen molar-refractivity contribution in [3.05, 3.63) is 168 Å². The number of nitrogens with zero attached hydrogens (tertiary/aromatic N) is 3. The summed E-state index contributed by atoms with van der Waals surface area (Å²) in [5, 5.41) is 3.69. The molecule has 0 aliphatic carbocycles. The van der Waals surface area contributed by atoms with Crippen LogP contribution in [0.1, 0.15) is 103 Å². The van der Waals surface area contributed by atoms with E-state index in [0.717, 1.165) is 55.6 Å². The van der Waals surface area contributed by atoms with Gasteiger partial charge in [-0.2, -0.15) is 0 Å². The van der Waals surface area contributed by atoms with Crippen molar-refractivity contribution in [3.63, 3.8) is 0 Å². The van der Waals surface area contributed by atoms with Gasteiger partial charge in [0.05, 0.1) is 30.5 Å². The molecule has 0 aliphatic heterocycles. The summed E-state index contributed by atoms with van der Waals surface area (Å²) >= 11 is 0. The molecule has 65 heavy (non-hydrogen) atoms. The van der Waals surface area contributed by atoms with E-state index in [1.54, 1.807) is 0 Å². The number of hydrogen-bond donors (Lipinski definition) is 0. The number of hydrogen-bond acceptors (Lipinski definition) is 3. The minimum Gasteiger partial charge on any atom is -0.501 e. The van der Waals surface area contributed by atoms with Crippen LogP contribution in [0, 0.1) is 17.5 Å². The van der Waals surface area contributed by atoms with Gasteiger partial charge in [-0.3, -0.25) is 4.98 Å². The van der Waals surface area contributed by atoms with Crippen molar-refractivity contribution < 1.29 is 24.5 Å². The van der Waals surface area contributed by atoms with E-state index in [9.17, 15) is 0 Å². The zero-order valence-electron chi connectivity index (χ0n) is 40.0. The third kappa shape index (κ3) is 9.36. The maximum absolute atomic E-state index is 6.47. The van der Waals surface area contributed by atoms with Crippen LogP contribution in [0.3, 0.4) is 0 Å². The molecule has 0 N–H and O–H groups in total. The number of fused-ring (bicyclic) bond motifs is 4. The molecule has 0 bridgehead atoms. The van der Waals surface area contributed by atoms with E-state index in [-0.39, 0.29) is 20.1 Å². The van der Waals surface area contributed by atoms with Gasteiger partial charge in [-0.1, -0.05) is 171 Å². The number of pyridine rings is 1. The van der Waals surface area contributed by atoms with E-state index in [4.69, 9.17) is 14.4 Å². The van der Waals surface area contributed by atoms with Crippen LogP contribution in [0.5, 0.6) is 0 Å². The van der Waals surface area contributed by atoms with Gasteiger partial charge in [0.15, 0.2) is 0 Å².